The summed E-state index contributed by atoms with van der Waals surface area (Å²) in [4.78, 5) is 5.75. The van der Waals surface area contributed by atoms with E-state index >= 15 is 0 Å². The van der Waals surface area contributed by atoms with E-state index in [0.29, 0.717) is 0 Å². The Balaban J connectivity index is 1.79. The van der Waals surface area contributed by atoms with Crippen molar-refractivity contribution in [2.45, 2.75) is 31.0 Å². The van der Waals surface area contributed by atoms with Gasteiger partial charge in [0.2, 0.25) is 0 Å². The van der Waals surface area contributed by atoms with Crippen LogP contribution in [-0.4, -0.2) is 14.7 Å². The Bertz CT molecular complexity index is 735. The molecule has 3 rings (SSSR count). The van der Waals surface area contributed by atoms with Crippen LogP contribution in [0.3, 0.4) is 0 Å². The number of benzene rings is 1. The van der Waals surface area contributed by atoms with E-state index in [4.69, 9.17) is 0 Å². The van der Waals surface area contributed by atoms with E-state index in [1.54, 1.807) is 29.3 Å². The van der Waals surface area contributed by atoms with Crippen LogP contribution in [0.25, 0.3) is 0 Å². The number of rotatable bonds is 6. The monoisotopic (exact) mass is 330 g/mol. The van der Waals surface area contributed by atoms with Crippen LogP contribution in [0.2, 0.25) is 0 Å². The number of aromatic nitrogens is 2. The number of aliphatic hydroxyl groups excluding tert-OH is 1. The first kappa shape index (κ1) is 15.3. The van der Waals surface area contributed by atoms with Crippen molar-refractivity contribution in [3.8, 4) is 0 Å². The summed E-state index contributed by atoms with van der Waals surface area (Å²) in [5, 5.41) is 12.6. The largest absolute Gasteiger partial charge is 0.390 e. The van der Waals surface area contributed by atoms with Crippen molar-refractivity contribution in [1.82, 2.24) is 9.55 Å². The van der Waals surface area contributed by atoms with Crippen molar-refractivity contribution in [2.75, 3.05) is 0 Å². The van der Waals surface area contributed by atoms with Gasteiger partial charge in [-0.1, -0.05) is 42.1 Å². The number of thioether (sulfide) groups is 1. The Hall–Kier alpha value is -1.56. The molecular weight excluding hydrogens is 312 g/mol. The Morgan fingerprint density at radius 3 is 2.82 bits per heavy atom. The molecule has 0 spiro atoms. The minimum absolute atomic E-state index is 0.0172. The van der Waals surface area contributed by atoms with Crippen molar-refractivity contribution in [1.29, 1.82) is 0 Å². The maximum Gasteiger partial charge on any atom is 0.168 e. The highest BCUT2D eigenvalue weighted by atomic mass is 32.2. The molecule has 0 saturated carbocycles. The third-order valence-electron chi connectivity index (χ3n) is 3.58. The molecule has 1 aromatic carbocycles. The van der Waals surface area contributed by atoms with Crippen molar-refractivity contribution >= 4 is 23.1 Å². The molecule has 0 atom stereocenters. The lowest BCUT2D eigenvalue weighted by molar-refractivity contribution is 0.270. The van der Waals surface area contributed by atoms with E-state index in [9.17, 15) is 5.11 Å². The van der Waals surface area contributed by atoms with Gasteiger partial charge in [0.25, 0.3) is 0 Å². The Kier molecular flexibility index (Phi) is 4.97. The average Bonchev–Trinajstić information content (AvgIpc) is 3.17. The number of nitrogens with zero attached hydrogens (tertiary/aromatic N) is 2. The lowest BCUT2D eigenvalue weighted by atomic mass is 10.1. The Morgan fingerprint density at radius 1 is 1.23 bits per heavy atom. The van der Waals surface area contributed by atoms with Crippen LogP contribution in [0.5, 0.6) is 0 Å². The molecule has 22 heavy (non-hydrogen) atoms. The van der Waals surface area contributed by atoms with E-state index in [2.05, 4.69) is 58.3 Å². The lowest BCUT2D eigenvalue weighted by Crippen LogP contribution is -2.05. The van der Waals surface area contributed by atoms with Gasteiger partial charge in [0.05, 0.1) is 25.0 Å². The zero-order chi connectivity index (χ0) is 15.4. The Labute approximate surface area is 138 Å². The van der Waals surface area contributed by atoms with Crippen molar-refractivity contribution in [2.24, 2.45) is 0 Å². The van der Waals surface area contributed by atoms with Gasteiger partial charge >= 0.3 is 0 Å². The van der Waals surface area contributed by atoms with Crippen LogP contribution in [0, 0.1) is 6.92 Å². The minimum Gasteiger partial charge on any atom is -0.390 e. The SMILES string of the molecule is Cc1ccccc1CSc1ncc(CO)n1Cc1cccs1. The number of aryl methyl sites for hydroxylation is 1. The molecule has 5 heteroatoms. The van der Waals surface area contributed by atoms with Crippen LogP contribution in [0.15, 0.2) is 53.1 Å². The molecule has 0 aliphatic heterocycles. The van der Waals surface area contributed by atoms with E-state index in [0.717, 1.165) is 23.1 Å². The van der Waals surface area contributed by atoms with Crippen LogP contribution in [-0.2, 0) is 18.9 Å². The molecule has 0 aliphatic carbocycles. The molecule has 114 valence electrons. The molecule has 0 fully saturated rings. The fraction of sp³-hybridized carbons (Fsp3) is 0.235. The van der Waals surface area contributed by atoms with E-state index < -0.39 is 0 Å². The molecule has 0 bridgehead atoms. The van der Waals surface area contributed by atoms with Crippen molar-refractivity contribution in [3.05, 3.63) is 69.7 Å². The van der Waals surface area contributed by atoms with Gasteiger partial charge in [-0.05, 0) is 29.5 Å². The second-order valence-electron chi connectivity index (χ2n) is 5.07. The maximum absolute atomic E-state index is 9.52. The van der Waals surface area contributed by atoms with E-state index in [1.165, 1.54) is 16.0 Å². The molecule has 0 radical (unpaired) electrons. The summed E-state index contributed by atoms with van der Waals surface area (Å²) in [7, 11) is 0. The zero-order valence-electron chi connectivity index (χ0n) is 12.4. The molecule has 3 aromatic rings. The second-order valence-corrected chi connectivity index (χ2v) is 7.05. The van der Waals surface area contributed by atoms with Gasteiger partial charge in [-0.25, -0.2) is 4.98 Å². The smallest absolute Gasteiger partial charge is 0.168 e. The summed E-state index contributed by atoms with van der Waals surface area (Å²) in [5.41, 5.74) is 3.48. The van der Waals surface area contributed by atoms with Gasteiger partial charge in [0.1, 0.15) is 0 Å². The number of imidazole rings is 1. The molecule has 1 N–H and O–H groups in total. The Morgan fingerprint density at radius 2 is 2.09 bits per heavy atom. The molecular formula is C17H18N2OS2. The highest BCUT2D eigenvalue weighted by Crippen LogP contribution is 2.26. The number of aliphatic hydroxyl groups is 1. The number of hydrogen-bond donors (Lipinski definition) is 1. The van der Waals surface area contributed by atoms with Gasteiger partial charge in [0, 0.05) is 10.6 Å². The fourth-order valence-electron chi connectivity index (χ4n) is 2.28. The van der Waals surface area contributed by atoms with Gasteiger partial charge in [-0.15, -0.1) is 11.3 Å². The van der Waals surface area contributed by atoms with Gasteiger partial charge in [-0.2, -0.15) is 0 Å². The first-order chi connectivity index (χ1) is 10.8. The highest BCUT2D eigenvalue weighted by molar-refractivity contribution is 7.98. The van der Waals surface area contributed by atoms with Gasteiger partial charge in [-0.3, -0.25) is 0 Å². The van der Waals surface area contributed by atoms with Crippen LogP contribution in [0.4, 0.5) is 0 Å². The minimum atomic E-state index is 0.0172. The van der Waals surface area contributed by atoms with Crippen molar-refractivity contribution in [3.63, 3.8) is 0 Å². The van der Waals surface area contributed by atoms with E-state index in [-0.39, 0.29) is 6.61 Å². The molecule has 0 aliphatic rings. The summed E-state index contributed by atoms with van der Waals surface area (Å²) in [6.45, 7) is 2.92. The maximum atomic E-state index is 9.52. The highest BCUT2D eigenvalue weighted by Gasteiger charge is 2.11. The topological polar surface area (TPSA) is 38.1 Å². The molecule has 2 heterocycles. The standard InChI is InChI=1S/C17H18N2OS2/c1-13-5-2-3-6-14(13)12-22-17-18-9-15(11-20)19(17)10-16-7-4-8-21-16/h2-9,20H,10-12H2,1H3. The third kappa shape index (κ3) is 3.43. The quantitative estimate of drug-likeness (QED) is 0.692. The number of thiophene rings is 1. The van der Waals surface area contributed by atoms with Crippen LogP contribution in [0.1, 0.15) is 21.7 Å². The fourth-order valence-corrected chi connectivity index (χ4v) is 4.04. The summed E-state index contributed by atoms with van der Waals surface area (Å²) < 4.78 is 2.11. The summed E-state index contributed by atoms with van der Waals surface area (Å²) in [5.74, 6) is 0.888. The molecule has 0 unspecified atom stereocenters. The molecule has 3 nitrogen and oxygen atoms in total. The van der Waals surface area contributed by atoms with Gasteiger partial charge in [0.15, 0.2) is 5.16 Å². The van der Waals surface area contributed by atoms with Crippen molar-refractivity contribution < 1.29 is 5.11 Å². The lowest BCUT2D eigenvalue weighted by Gasteiger charge is -2.10. The normalized spacial score (nSPS) is 11.0. The molecule has 2 aromatic heterocycles. The third-order valence-corrected chi connectivity index (χ3v) is 5.48. The summed E-state index contributed by atoms with van der Waals surface area (Å²) >= 11 is 3.44. The van der Waals surface area contributed by atoms with Crippen LogP contribution < -0.4 is 0 Å². The number of hydrogen-bond acceptors (Lipinski definition) is 4. The second kappa shape index (κ2) is 7.13. The van der Waals surface area contributed by atoms with Crippen LogP contribution >= 0.6 is 23.1 Å². The molecule has 0 amide bonds. The first-order valence-corrected chi connectivity index (χ1v) is 8.99. The zero-order valence-corrected chi connectivity index (χ0v) is 14.0. The predicted molar refractivity (Wildman–Crippen MR) is 92.3 cm³/mol. The summed E-state index contributed by atoms with van der Waals surface area (Å²) in [6, 6.07) is 12.6. The van der Waals surface area contributed by atoms with Gasteiger partial charge < -0.3 is 9.67 Å². The predicted octanol–water partition coefficient (Wildman–Crippen LogP) is 4.09. The average molecular weight is 330 g/mol. The van der Waals surface area contributed by atoms with E-state index in [1.807, 2.05) is 0 Å². The summed E-state index contributed by atoms with van der Waals surface area (Å²) in [6.07, 6.45) is 1.77. The molecule has 0 saturated heterocycles. The first-order valence-electron chi connectivity index (χ1n) is 7.13.